The first-order valence-corrected chi connectivity index (χ1v) is 15.7. The van der Waals surface area contributed by atoms with Crippen LogP contribution < -0.4 is 9.47 Å². The third kappa shape index (κ3) is 4.84. The summed E-state index contributed by atoms with van der Waals surface area (Å²) >= 11 is 0. The summed E-state index contributed by atoms with van der Waals surface area (Å²) in [7, 11) is 1.69. The van der Waals surface area contributed by atoms with E-state index in [0.29, 0.717) is 30.6 Å². The molecule has 1 saturated heterocycles. The third-order valence-electron chi connectivity index (χ3n) is 10.7. The first kappa shape index (κ1) is 30.6. The highest BCUT2D eigenvalue weighted by Gasteiger charge is 2.74. The Hall–Kier alpha value is -4.02. The molecular formula is C36H37F3N2O5. The Balaban J connectivity index is 1.19. The number of ether oxygens (including phenoxy) is 2. The predicted molar refractivity (Wildman–Crippen MR) is 165 cm³/mol. The highest BCUT2D eigenvalue weighted by Crippen LogP contribution is 2.66. The maximum atomic E-state index is 13.6. The van der Waals surface area contributed by atoms with E-state index < -0.39 is 29.5 Å². The van der Waals surface area contributed by atoms with E-state index in [1.807, 2.05) is 31.2 Å². The molecule has 0 radical (unpaired) electrons. The average Bonchev–Trinajstić information content (AvgIpc) is 3.35. The molecule has 2 N–H and O–H groups in total. The molecule has 6 atom stereocenters. The number of hydrogen-bond donors (Lipinski definition) is 2. The molecule has 2 aliphatic carbocycles. The van der Waals surface area contributed by atoms with E-state index in [2.05, 4.69) is 21.8 Å². The van der Waals surface area contributed by atoms with E-state index in [0.717, 1.165) is 30.6 Å². The van der Waals surface area contributed by atoms with Crippen LogP contribution in [-0.2, 0) is 23.1 Å². The van der Waals surface area contributed by atoms with E-state index in [9.17, 15) is 28.2 Å². The van der Waals surface area contributed by atoms with Gasteiger partial charge in [-0.25, -0.2) is 0 Å². The van der Waals surface area contributed by atoms with Gasteiger partial charge in [0, 0.05) is 31.3 Å². The lowest BCUT2D eigenvalue weighted by molar-refractivity contribution is -0.274. The molecule has 0 unspecified atom stereocenters. The van der Waals surface area contributed by atoms with Crippen LogP contribution in [0.5, 0.6) is 17.2 Å². The molecule has 1 amide bonds. The maximum Gasteiger partial charge on any atom is 0.573 e. The Bertz CT molecular complexity index is 1680. The van der Waals surface area contributed by atoms with Gasteiger partial charge >= 0.3 is 6.36 Å². The van der Waals surface area contributed by atoms with Crippen LogP contribution in [0.15, 0.2) is 72.8 Å². The minimum Gasteiger partial charge on any atom is -0.504 e. The van der Waals surface area contributed by atoms with Gasteiger partial charge in [0.15, 0.2) is 11.5 Å². The molecule has 2 bridgehead atoms. The van der Waals surface area contributed by atoms with Crippen molar-refractivity contribution in [3.8, 4) is 17.2 Å². The lowest BCUT2D eigenvalue weighted by atomic mass is 9.46. The number of likely N-dealkylation sites (tertiary alicyclic amines) is 1. The van der Waals surface area contributed by atoms with Crippen LogP contribution in [0, 0.1) is 5.92 Å². The maximum absolute atomic E-state index is 13.6. The third-order valence-corrected chi connectivity index (χ3v) is 10.7. The number of benzene rings is 3. The van der Waals surface area contributed by atoms with E-state index in [4.69, 9.17) is 4.74 Å². The molecule has 1 spiro atoms. The van der Waals surface area contributed by atoms with Crippen LogP contribution in [0.25, 0.3) is 6.08 Å². The standard InChI is InChI=1S/C36H37F3N2O5/c1-22-21-35(44)28-20-25-12-13-27(42)32-30(25)34(35,16-18-41(28)17-15-23-7-4-3-5-8-23)33(45-32)31(22)40(2)29(43)14-11-24-9-6-10-26(19-24)46-36(37,38)39/h3-14,19,22,28,31,33,42,44H,15-18,20-21H2,1-2H3/t22-,28-,31+,33+,34+,35-/m1/s1. The zero-order chi connectivity index (χ0) is 32.4. The summed E-state index contributed by atoms with van der Waals surface area (Å²) in [6.45, 7) is 3.56. The van der Waals surface area contributed by atoms with Gasteiger partial charge in [-0.05, 0) is 79.1 Å². The fourth-order valence-corrected chi connectivity index (χ4v) is 8.90. The number of phenolic OH excluding ortho intramolecular Hbond substituents is 1. The van der Waals surface area contributed by atoms with Gasteiger partial charge in [0.1, 0.15) is 11.9 Å². The summed E-state index contributed by atoms with van der Waals surface area (Å²) in [5, 5.41) is 23.9. The molecule has 1 saturated carbocycles. The molecule has 0 aromatic heterocycles. The van der Waals surface area contributed by atoms with Crippen LogP contribution in [0.2, 0.25) is 0 Å². The van der Waals surface area contributed by atoms with Crippen LogP contribution >= 0.6 is 0 Å². The van der Waals surface area contributed by atoms with Crippen LogP contribution in [0.3, 0.4) is 0 Å². The number of piperidine rings is 1. The summed E-state index contributed by atoms with van der Waals surface area (Å²) in [5.74, 6) is -0.462. The summed E-state index contributed by atoms with van der Waals surface area (Å²) in [6.07, 6.45) is -0.0850. The molecule has 7 nitrogen and oxygen atoms in total. The lowest BCUT2D eigenvalue weighted by Gasteiger charge is -2.66. The molecule has 7 rings (SSSR count). The number of hydrogen-bond acceptors (Lipinski definition) is 6. The van der Waals surface area contributed by atoms with Crippen molar-refractivity contribution in [2.24, 2.45) is 5.92 Å². The molecule has 2 heterocycles. The van der Waals surface area contributed by atoms with Gasteiger partial charge < -0.3 is 24.6 Å². The van der Waals surface area contributed by atoms with Gasteiger partial charge in [-0.2, -0.15) is 0 Å². The molecule has 2 fully saturated rings. The second-order valence-electron chi connectivity index (χ2n) is 13.2. The number of carbonyl (C=O) groups is 1. The number of phenols is 1. The van der Waals surface area contributed by atoms with Crippen molar-refractivity contribution in [1.82, 2.24) is 9.80 Å². The van der Waals surface area contributed by atoms with E-state index in [1.54, 1.807) is 24.1 Å². The molecule has 10 heteroatoms. The Morgan fingerprint density at radius 1 is 1.15 bits per heavy atom. The summed E-state index contributed by atoms with van der Waals surface area (Å²) in [4.78, 5) is 17.7. The van der Waals surface area contributed by atoms with Crippen molar-refractivity contribution in [3.63, 3.8) is 0 Å². The Morgan fingerprint density at radius 3 is 2.70 bits per heavy atom. The van der Waals surface area contributed by atoms with Gasteiger partial charge in [0.2, 0.25) is 5.91 Å². The number of amides is 1. The highest BCUT2D eigenvalue weighted by atomic mass is 19.4. The van der Waals surface area contributed by atoms with Crippen molar-refractivity contribution in [2.75, 3.05) is 20.1 Å². The second kappa shape index (κ2) is 11.1. The number of carbonyl (C=O) groups excluding carboxylic acids is 1. The fraction of sp³-hybridized carbons (Fsp3) is 0.417. The van der Waals surface area contributed by atoms with Gasteiger partial charge in [-0.1, -0.05) is 55.5 Å². The second-order valence-corrected chi connectivity index (χ2v) is 13.2. The molecule has 242 valence electrons. The number of likely N-dealkylation sites (N-methyl/N-ethyl adjacent to an activating group) is 1. The first-order valence-electron chi connectivity index (χ1n) is 15.7. The summed E-state index contributed by atoms with van der Waals surface area (Å²) < 4.78 is 48.8. The Morgan fingerprint density at radius 2 is 1.93 bits per heavy atom. The molecule has 2 aliphatic heterocycles. The minimum absolute atomic E-state index is 0.0241. The van der Waals surface area contributed by atoms with E-state index >= 15 is 0 Å². The van der Waals surface area contributed by atoms with Gasteiger partial charge in [-0.3, -0.25) is 9.69 Å². The highest BCUT2D eigenvalue weighted by molar-refractivity contribution is 5.92. The van der Waals surface area contributed by atoms with Crippen LogP contribution in [-0.4, -0.2) is 76.2 Å². The molecule has 4 aliphatic rings. The van der Waals surface area contributed by atoms with Gasteiger partial charge in [-0.15, -0.1) is 13.2 Å². The van der Waals surface area contributed by atoms with Crippen molar-refractivity contribution < 1.29 is 37.7 Å². The average molecular weight is 635 g/mol. The van der Waals surface area contributed by atoms with Gasteiger partial charge in [0.25, 0.3) is 0 Å². The van der Waals surface area contributed by atoms with Crippen molar-refractivity contribution in [2.45, 2.75) is 68.2 Å². The zero-order valence-corrected chi connectivity index (χ0v) is 25.7. The van der Waals surface area contributed by atoms with Crippen LogP contribution in [0.4, 0.5) is 13.2 Å². The van der Waals surface area contributed by atoms with Gasteiger partial charge in [0.05, 0.1) is 17.1 Å². The smallest absolute Gasteiger partial charge is 0.504 e. The molecule has 3 aromatic carbocycles. The Labute approximate surface area is 265 Å². The summed E-state index contributed by atoms with van der Waals surface area (Å²) in [6, 6.07) is 18.7. The number of aromatic hydroxyl groups is 1. The van der Waals surface area contributed by atoms with E-state index in [1.165, 1.54) is 35.9 Å². The molecule has 46 heavy (non-hydrogen) atoms. The number of halogens is 3. The number of aliphatic hydroxyl groups is 1. The molecule has 3 aromatic rings. The SMILES string of the molecule is C[C@@H]1C[C@@]2(O)[C@H]3Cc4ccc(O)c5c4[C@@]2(CCN3CCc2ccccc2)[C@@H](O5)[C@H]1N(C)C(=O)C=Cc1cccc(OC(F)(F)F)c1. The number of alkyl halides is 3. The summed E-state index contributed by atoms with van der Waals surface area (Å²) in [5.41, 5.74) is 1.58. The monoisotopic (exact) mass is 634 g/mol. The van der Waals surface area contributed by atoms with Crippen molar-refractivity contribution >= 4 is 12.0 Å². The number of nitrogens with zero attached hydrogens (tertiary/aromatic N) is 2. The Kier molecular flexibility index (Phi) is 7.36. The number of rotatable bonds is 7. The quantitative estimate of drug-likeness (QED) is 0.336. The van der Waals surface area contributed by atoms with Crippen molar-refractivity contribution in [3.05, 3.63) is 95.1 Å². The van der Waals surface area contributed by atoms with E-state index in [-0.39, 0.29) is 29.4 Å². The molecular weight excluding hydrogens is 597 g/mol. The lowest BCUT2D eigenvalue weighted by Crippen LogP contribution is -2.79. The first-order chi connectivity index (χ1) is 21.9. The minimum atomic E-state index is -4.82. The van der Waals surface area contributed by atoms with Crippen molar-refractivity contribution in [1.29, 1.82) is 0 Å². The normalized spacial score (nSPS) is 29.7. The zero-order valence-electron chi connectivity index (χ0n) is 25.7. The largest absolute Gasteiger partial charge is 0.573 e. The fourth-order valence-electron chi connectivity index (χ4n) is 8.90. The van der Waals surface area contributed by atoms with Crippen LogP contribution in [0.1, 0.15) is 42.0 Å². The predicted octanol–water partition coefficient (Wildman–Crippen LogP) is 5.47. The topological polar surface area (TPSA) is 82.5 Å².